The van der Waals surface area contributed by atoms with E-state index in [4.69, 9.17) is 4.74 Å². The van der Waals surface area contributed by atoms with Gasteiger partial charge in [-0.25, -0.2) is 0 Å². The van der Waals surface area contributed by atoms with Gasteiger partial charge in [0.1, 0.15) is 0 Å². The van der Waals surface area contributed by atoms with Crippen LogP contribution in [0.4, 0.5) is 0 Å². The molecule has 0 amide bonds. The summed E-state index contributed by atoms with van der Waals surface area (Å²) in [5.74, 6) is 0.763. The van der Waals surface area contributed by atoms with E-state index in [2.05, 4.69) is 18.7 Å². The number of aliphatic hydroxyl groups is 1. The van der Waals surface area contributed by atoms with Crippen molar-refractivity contribution in [2.45, 2.75) is 58.0 Å². The molecule has 3 nitrogen and oxygen atoms in total. The minimum atomic E-state index is 0.00911. The Hall–Kier alpha value is -0.120. The molecule has 3 unspecified atom stereocenters. The molecule has 2 aliphatic rings. The number of nitrogens with zero attached hydrogens (tertiary/aromatic N) is 1. The lowest BCUT2D eigenvalue weighted by Gasteiger charge is -2.46. The maximum absolute atomic E-state index is 9.92. The second-order valence-electron chi connectivity index (χ2n) is 7.33. The van der Waals surface area contributed by atoms with Crippen LogP contribution in [0.3, 0.4) is 0 Å². The molecular weight excluding hydrogens is 238 g/mol. The van der Waals surface area contributed by atoms with Crippen LogP contribution in [-0.2, 0) is 4.74 Å². The first-order valence-corrected chi connectivity index (χ1v) is 7.89. The Labute approximate surface area is 118 Å². The van der Waals surface area contributed by atoms with Crippen LogP contribution in [0.25, 0.3) is 0 Å². The third-order valence-corrected chi connectivity index (χ3v) is 5.31. The van der Waals surface area contributed by atoms with Gasteiger partial charge in [-0.15, -0.1) is 0 Å². The SMILES string of the molecule is COC1(C)CCCN(CC2(CO)CCCC(C)C2)C1. The zero-order valence-corrected chi connectivity index (χ0v) is 13.0. The average Bonchev–Trinajstić information content (AvgIpc) is 2.39. The fraction of sp³-hybridized carbons (Fsp3) is 1.00. The van der Waals surface area contributed by atoms with Crippen molar-refractivity contribution in [1.29, 1.82) is 0 Å². The molecule has 19 heavy (non-hydrogen) atoms. The third kappa shape index (κ3) is 3.71. The van der Waals surface area contributed by atoms with Gasteiger partial charge in [-0.05, 0) is 45.1 Å². The van der Waals surface area contributed by atoms with Gasteiger partial charge in [-0.1, -0.05) is 19.8 Å². The number of hydrogen-bond acceptors (Lipinski definition) is 3. The van der Waals surface area contributed by atoms with Gasteiger partial charge in [-0.2, -0.15) is 0 Å². The molecule has 2 fully saturated rings. The molecule has 3 atom stereocenters. The Morgan fingerprint density at radius 3 is 2.74 bits per heavy atom. The van der Waals surface area contributed by atoms with E-state index in [1.54, 1.807) is 0 Å². The number of likely N-dealkylation sites (tertiary alicyclic amines) is 1. The zero-order valence-electron chi connectivity index (χ0n) is 13.0. The normalized spacial score (nSPS) is 41.4. The predicted octanol–water partition coefficient (Wildman–Crippen LogP) is 2.68. The highest BCUT2D eigenvalue weighted by Crippen LogP contribution is 2.40. The van der Waals surface area contributed by atoms with E-state index in [0.29, 0.717) is 6.61 Å². The lowest BCUT2D eigenvalue weighted by Crippen LogP contribution is -2.52. The third-order valence-electron chi connectivity index (χ3n) is 5.31. The number of hydrogen-bond donors (Lipinski definition) is 1. The highest BCUT2D eigenvalue weighted by atomic mass is 16.5. The first-order valence-electron chi connectivity index (χ1n) is 7.89. The molecule has 1 heterocycles. The summed E-state index contributed by atoms with van der Waals surface area (Å²) in [6.45, 7) is 8.12. The first kappa shape index (κ1) is 15.3. The van der Waals surface area contributed by atoms with Crippen molar-refractivity contribution in [2.24, 2.45) is 11.3 Å². The van der Waals surface area contributed by atoms with Crippen molar-refractivity contribution >= 4 is 0 Å². The topological polar surface area (TPSA) is 32.7 Å². The van der Waals surface area contributed by atoms with Crippen molar-refractivity contribution in [1.82, 2.24) is 4.90 Å². The van der Waals surface area contributed by atoms with E-state index in [0.717, 1.165) is 32.0 Å². The van der Waals surface area contributed by atoms with Crippen LogP contribution in [0.1, 0.15) is 52.4 Å². The summed E-state index contributed by atoms with van der Waals surface area (Å²) in [5, 5.41) is 9.92. The molecule has 3 heteroatoms. The maximum atomic E-state index is 9.92. The molecule has 0 spiro atoms. The Morgan fingerprint density at radius 2 is 2.11 bits per heavy atom. The first-order chi connectivity index (χ1) is 9.01. The summed E-state index contributed by atoms with van der Waals surface area (Å²) in [7, 11) is 1.83. The van der Waals surface area contributed by atoms with Crippen molar-refractivity contribution in [2.75, 3.05) is 33.4 Å². The van der Waals surface area contributed by atoms with E-state index in [1.165, 1.54) is 32.1 Å². The Balaban J connectivity index is 1.98. The molecular formula is C16H31NO2. The summed E-state index contributed by atoms with van der Waals surface area (Å²) in [5.41, 5.74) is 0.152. The molecule has 2 rings (SSSR count). The standard InChI is InChI=1S/C16H31NO2/c1-14-6-4-8-16(10-14,13-18)12-17-9-5-7-15(2,11-17)19-3/h14,18H,4-13H2,1-3H3. The van der Waals surface area contributed by atoms with E-state index < -0.39 is 0 Å². The summed E-state index contributed by atoms with van der Waals surface area (Å²) in [6.07, 6.45) is 7.34. The van der Waals surface area contributed by atoms with Gasteiger partial charge in [-0.3, -0.25) is 4.90 Å². The summed E-state index contributed by atoms with van der Waals surface area (Å²) in [6, 6.07) is 0. The Bertz CT molecular complexity index is 296. The van der Waals surface area contributed by atoms with Crippen LogP contribution in [-0.4, -0.2) is 49.0 Å². The molecule has 1 saturated carbocycles. The van der Waals surface area contributed by atoms with Gasteiger partial charge in [0.25, 0.3) is 0 Å². The fourth-order valence-electron chi connectivity index (χ4n) is 4.19. The van der Waals surface area contributed by atoms with Gasteiger partial charge >= 0.3 is 0 Å². The molecule has 0 aromatic carbocycles. The highest BCUT2D eigenvalue weighted by Gasteiger charge is 2.39. The lowest BCUT2D eigenvalue weighted by molar-refractivity contribution is -0.0696. The lowest BCUT2D eigenvalue weighted by atomic mass is 9.70. The molecule has 0 aromatic rings. The monoisotopic (exact) mass is 269 g/mol. The molecule has 0 radical (unpaired) electrons. The molecule has 0 aromatic heterocycles. The largest absolute Gasteiger partial charge is 0.396 e. The van der Waals surface area contributed by atoms with Gasteiger partial charge in [0.15, 0.2) is 0 Å². The molecule has 1 N–H and O–H groups in total. The second-order valence-corrected chi connectivity index (χ2v) is 7.33. The highest BCUT2D eigenvalue weighted by molar-refractivity contribution is 4.91. The van der Waals surface area contributed by atoms with Crippen molar-refractivity contribution in [3.05, 3.63) is 0 Å². The van der Waals surface area contributed by atoms with Gasteiger partial charge in [0, 0.05) is 32.2 Å². The Kier molecular flexibility index (Phi) is 4.91. The van der Waals surface area contributed by atoms with Crippen molar-refractivity contribution < 1.29 is 9.84 Å². The van der Waals surface area contributed by atoms with Crippen molar-refractivity contribution in [3.8, 4) is 0 Å². The van der Waals surface area contributed by atoms with E-state index in [-0.39, 0.29) is 11.0 Å². The van der Waals surface area contributed by atoms with E-state index >= 15 is 0 Å². The zero-order chi connectivity index (χ0) is 13.9. The molecule has 1 aliphatic heterocycles. The molecule has 0 bridgehead atoms. The molecule has 112 valence electrons. The van der Waals surface area contributed by atoms with Crippen LogP contribution >= 0.6 is 0 Å². The van der Waals surface area contributed by atoms with Gasteiger partial charge in [0.05, 0.1) is 5.60 Å². The van der Waals surface area contributed by atoms with Gasteiger partial charge < -0.3 is 9.84 Å². The van der Waals surface area contributed by atoms with E-state index in [1.807, 2.05) is 7.11 Å². The minimum absolute atomic E-state index is 0.00911. The quantitative estimate of drug-likeness (QED) is 0.851. The van der Waals surface area contributed by atoms with Crippen LogP contribution in [0.5, 0.6) is 0 Å². The van der Waals surface area contributed by atoms with Crippen LogP contribution in [0, 0.1) is 11.3 Å². The summed E-state index contributed by atoms with van der Waals surface area (Å²) in [4.78, 5) is 2.53. The van der Waals surface area contributed by atoms with Crippen LogP contribution in [0.2, 0.25) is 0 Å². The van der Waals surface area contributed by atoms with Gasteiger partial charge in [0.2, 0.25) is 0 Å². The predicted molar refractivity (Wildman–Crippen MR) is 78.2 cm³/mol. The van der Waals surface area contributed by atoms with E-state index in [9.17, 15) is 5.11 Å². The van der Waals surface area contributed by atoms with Crippen LogP contribution < -0.4 is 0 Å². The van der Waals surface area contributed by atoms with Crippen LogP contribution in [0.15, 0.2) is 0 Å². The molecule has 1 aliphatic carbocycles. The number of ether oxygens (including phenoxy) is 1. The maximum Gasteiger partial charge on any atom is 0.0777 e. The smallest absolute Gasteiger partial charge is 0.0777 e. The summed E-state index contributed by atoms with van der Waals surface area (Å²) < 4.78 is 5.68. The fourth-order valence-corrected chi connectivity index (χ4v) is 4.19. The number of rotatable bonds is 4. The summed E-state index contributed by atoms with van der Waals surface area (Å²) >= 11 is 0. The molecule has 1 saturated heterocycles. The number of aliphatic hydroxyl groups excluding tert-OH is 1. The average molecular weight is 269 g/mol. The second kappa shape index (κ2) is 6.11. The number of methoxy groups -OCH3 is 1. The Morgan fingerprint density at radius 1 is 1.32 bits per heavy atom. The number of piperidine rings is 1. The van der Waals surface area contributed by atoms with Crippen molar-refractivity contribution in [3.63, 3.8) is 0 Å². The minimum Gasteiger partial charge on any atom is -0.396 e.